The second-order valence-electron chi connectivity index (χ2n) is 4.36. The Morgan fingerprint density at radius 1 is 0.950 bits per heavy atom. The van der Waals surface area contributed by atoms with Gasteiger partial charge in [0.05, 0.1) is 26.4 Å². The Hall–Kier alpha value is 0.610. The molecule has 0 unspecified atom stereocenters. The van der Waals surface area contributed by atoms with E-state index in [1.54, 1.807) is 0 Å². The van der Waals surface area contributed by atoms with E-state index in [0.29, 0.717) is 26.4 Å². The third-order valence-electron chi connectivity index (χ3n) is 2.97. The predicted octanol–water partition coefficient (Wildman–Crippen LogP) is 1.36. The average molecular weight is 365 g/mol. The van der Waals surface area contributed by atoms with Crippen LogP contribution >= 0.6 is 43.2 Å². The minimum Gasteiger partial charge on any atom is -0.379 e. The number of alkyl halides is 3. The summed E-state index contributed by atoms with van der Waals surface area (Å²) < 4.78 is 13.1. The summed E-state index contributed by atoms with van der Waals surface area (Å²) in [6, 6.07) is 0. The van der Waals surface area contributed by atoms with Crippen LogP contribution in [0, 0.1) is 0 Å². The molecule has 2 heterocycles. The number of rotatable bonds is 3. The molecule has 20 heavy (non-hydrogen) atoms. The minimum absolute atomic E-state index is 0.591. The van der Waals surface area contributed by atoms with Crippen molar-refractivity contribution >= 4 is 49.1 Å². The van der Waals surface area contributed by atoms with E-state index in [4.69, 9.17) is 44.3 Å². The van der Waals surface area contributed by atoms with Crippen LogP contribution in [0.15, 0.2) is 0 Å². The maximum Gasteiger partial charge on any atom is 0.277 e. The van der Waals surface area contributed by atoms with Crippen LogP contribution in [-0.4, -0.2) is 71.6 Å². The third kappa shape index (κ3) is 4.82. The lowest BCUT2D eigenvalue weighted by Crippen LogP contribution is -2.47. The number of hydrogen-bond acceptors (Lipinski definition) is 5. The van der Waals surface area contributed by atoms with E-state index in [0.717, 1.165) is 26.2 Å². The number of halogens is 3. The molecule has 10 heteroatoms. The summed E-state index contributed by atoms with van der Waals surface area (Å²) >= 11 is 16.9. The highest BCUT2D eigenvalue weighted by atomic mass is 35.6. The fraction of sp³-hybridized carbons (Fsp3) is 0.900. The lowest BCUT2D eigenvalue weighted by Gasteiger charge is -2.42. The zero-order valence-corrected chi connectivity index (χ0v) is 14.0. The standard InChI is InChI=1S/C10H17Cl3N3O3P/c11-10(12,13)9(17)14-20(15-1-5-18-6-2-15)16-3-7-19-8-4-16/h1-8H2,(H,14,17). The van der Waals surface area contributed by atoms with Crippen molar-refractivity contribution in [2.45, 2.75) is 3.79 Å². The van der Waals surface area contributed by atoms with E-state index in [2.05, 4.69) is 14.4 Å². The molecule has 0 atom stereocenters. The Labute approximate surface area is 134 Å². The maximum atomic E-state index is 12.0. The maximum absolute atomic E-state index is 12.0. The molecule has 1 N–H and O–H groups in total. The number of hydrogen-bond donors (Lipinski definition) is 1. The van der Waals surface area contributed by atoms with E-state index in [1.807, 2.05) is 0 Å². The van der Waals surface area contributed by atoms with Gasteiger partial charge in [-0.05, 0) is 0 Å². The molecule has 0 radical (unpaired) electrons. The molecule has 0 bridgehead atoms. The molecule has 2 rings (SSSR count). The highest BCUT2D eigenvalue weighted by Crippen LogP contribution is 2.42. The molecule has 2 aliphatic rings. The monoisotopic (exact) mass is 363 g/mol. The summed E-state index contributed by atoms with van der Waals surface area (Å²) in [6.07, 6.45) is 0. The molecule has 2 fully saturated rings. The Bertz CT molecular complexity index is 315. The SMILES string of the molecule is O=C(NP(N1CCOCC1)N1CCOCC1)C(Cl)(Cl)Cl. The molecule has 2 aliphatic heterocycles. The van der Waals surface area contributed by atoms with Crippen molar-refractivity contribution in [2.24, 2.45) is 0 Å². The van der Waals surface area contributed by atoms with Gasteiger partial charge in [-0.2, -0.15) is 0 Å². The van der Waals surface area contributed by atoms with Crippen LogP contribution in [0.2, 0.25) is 0 Å². The lowest BCUT2D eigenvalue weighted by atomic mass is 10.5. The van der Waals surface area contributed by atoms with Gasteiger partial charge >= 0.3 is 0 Å². The van der Waals surface area contributed by atoms with Crippen LogP contribution in [0.5, 0.6) is 0 Å². The van der Waals surface area contributed by atoms with Crippen LogP contribution in [0.25, 0.3) is 0 Å². The summed E-state index contributed by atoms with van der Waals surface area (Å²) in [5.41, 5.74) is 0. The molecule has 0 saturated carbocycles. The van der Waals surface area contributed by atoms with E-state index >= 15 is 0 Å². The van der Waals surface area contributed by atoms with Crippen molar-refractivity contribution in [3.05, 3.63) is 0 Å². The van der Waals surface area contributed by atoms with Crippen LogP contribution in [0.3, 0.4) is 0 Å². The highest BCUT2D eigenvalue weighted by molar-refractivity contribution is 7.51. The molecular formula is C10H17Cl3N3O3P. The number of morpholine rings is 2. The van der Waals surface area contributed by atoms with Crippen LogP contribution in [0.4, 0.5) is 0 Å². The molecule has 0 spiro atoms. The minimum atomic E-state index is -1.95. The number of nitrogens with one attached hydrogen (secondary N) is 1. The number of carbonyl (C=O) groups is 1. The number of nitrogens with zero attached hydrogens (tertiary/aromatic N) is 2. The fourth-order valence-corrected chi connectivity index (χ4v) is 4.37. The Balaban J connectivity index is 2.04. The van der Waals surface area contributed by atoms with Crippen molar-refractivity contribution in [1.29, 1.82) is 0 Å². The van der Waals surface area contributed by atoms with Crippen molar-refractivity contribution in [3.8, 4) is 0 Å². The van der Waals surface area contributed by atoms with Gasteiger partial charge in [-0.1, -0.05) is 34.8 Å². The number of amides is 1. The first kappa shape index (κ1) is 17.0. The molecule has 116 valence electrons. The zero-order valence-electron chi connectivity index (χ0n) is 10.9. The molecule has 0 aromatic carbocycles. The first-order chi connectivity index (χ1) is 9.48. The van der Waals surface area contributed by atoms with E-state index in [-0.39, 0.29) is 0 Å². The largest absolute Gasteiger partial charge is 0.379 e. The van der Waals surface area contributed by atoms with Gasteiger partial charge < -0.3 is 14.6 Å². The first-order valence-corrected chi connectivity index (χ1v) is 8.70. The molecule has 6 nitrogen and oxygen atoms in total. The van der Waals surface area contributed by atoms with Crippen LogP contribution < -0.4 is 5.09 Å². The van der Waals surface area contributed by atoms with Gasteiger partial charge in [0.2, 0.25) is 0 Å². The third-order valence-corrected chi connectivity index (χ3v) is 5.76. The van der Waals surface area contributed by atoms with Gasteiger partial charge in [0.15, 0.2) is 0 Å². The second-order valence-corrected chi connectivity index (χ2v) is 8.58. The molecule has 0 aromatic rings. The van der Waals surface area contributed by atoms with Crippen LogP contribution in [0.1, 0.15) is 0 Å². The predicted molar refractivity (Wildman–Crippen MR) is 80.1 cm³/mol. The molecule has 0 aliphatic carbocycles. The van der Waals surface area contributed by atoms with E-state index in [1.165, 1.54) is 0 Å². The van der Waals surface area contributed by atoms with Crippen molar-refractivity contribution < 1.29 is 14.3 Å². The Kier molecular flexibility index (Phi) is 6.57. The summed E-state index contributed by atoms with van der Waals surface area (Å²) in [4.78, 5) is 12.0. The molecule has 0 aromatic heterocycles. The summed E-state index contributed by atoms with van der Waals surface area (Å²) in [5.74, 6) is -0.591. The smallest absolute Gasteiger partial charge is 0.277 e. The van der Waals surface area contributed by atoms with Crippen molar-refractivity contribution in [2.75, 3.05) is 52.6 Å². The Morgan fingerprint density at radius 2 is 1.35 bits per heavy atom. The van der Waals surface area contributed by atoms with Gasteiger partial charge in [-0.15, -0.1) is 0 Å². The number of ether oxygens (including phenoxy) is 2. The van der Waals surface area contributed by atoms with Crippen molar-refractivity contribution in [1.82, 2.24) is 14.4 Å². The summed E-state index contributed by atoms with van der Waals surface area (Å²) in [7, 11) is -1.05. The van der Waals surface area contributed by atoms with Gasteiger partial charge in [0.25, 0.3) is 9.70 Å². The lowest BCUT2D eigenvalue weighted by molar-refractivity contribution is -0.118. The van der Waals surface area contributed by atoms with Crippen molar-refractivity contribution in [3.63, 3.8) is 0 Å². The normalized spacial score (nSPS) is 23.0. The van der Waals surface area contributed by atoms with Gasteiger partial charge in [0, 0.05) is 26.2 Å². The zero-order chi connectivity index (χ0) is 14.6. The molecule has 1 amide bonds. The number of carbonyl (C=O) groups excluding carboxylic acids is 1. The molecular weight excluding hydrogens is 347 g/mol. The van der Waals surface area contributed by atoms with E-state index < -0.39 is 18.1 Å². The average Bonchev–Trinajstić information content (AvgIpc) is 2.45. The van der Waals surface area contributed by atoms with Gasteiger partial charge in [-0.3, -0.25) is 4.79 Å². The fourth-order valence-electron chi connectivity index (χ4n) is 1.96. The molecule has 2 saturated heterocycles. The summed E-state index contributed by atoms with van der Waals surface area (Å²) in [6.45, 7) is 5.60. The van der Waals surface area contributed by atoms with E-state index in [9.17, 15) is 4.79 Å². The van der Waals surface area contributed by atoms with Gasteiger partial charge in [-0.25, -0.2) is 9.34 Å². The Morgan fingerprint density at radius 3 is 1.70 bits per heavy atom. The summed E-state index contributed by atoms with van der Waals surface area (Å²) in [5, 5.41) is 2.87. The second kappa shape index (κ2) is 7.75. The highest BCUT2D eigenvalue weighted by Gasteiger charge is 2.37. The quantitative estimate of drug-likeness (QED) is 0.605. The first-order valence-electron chi connectivity index (χ1n) is 6.31. The van der Waals surface area contributed by atoms with Gasteiger partial charge in [0.1, 0.15) is 8.37 Å². The topological polar surface area (TPSA) is 54.0 Å². The van der Waals surface area contributed by atoms with Crippen LogP contribution in [-0.2, 0) is 14.3 Å².